The quantitative estimate of drug-likeness (QED) is 0.0204. The third kappa shape index (κ3) is 45.6. The van der Waals surface area contributed by atoms with E-state index in [0.717, 1.165) is 32.1 Å². The zero-order valence-electron chi connectivity index (χ0n) is 58.9. The molecule has 14 nitrogen and oxygen atoms in total. The molecule has 0 bridgehead atoms. The summed E-state index contributed by atoms with van der Waals surface area (Å²) in [6.45, 7) is 2.84. The molecule has 12 unspecified atom stereocenters. The molecule has 2 rings (SSSR count). The molecule has 9 N–H and O–H groups in total. The van der Waals surface area contributed by atoms with Gasteiger partial charge in [0.05, 0.1) is 32.0 Å². The molecule has 0 radical (unpaired) electrons. The van der Waals surface area contributed by atoms with E-state index in [9.17, 15) is 45.6 Å². The van der Waals surface area contributed by atoms with Gasteiger partial charge < -0.3 is 65.1 Å². The highest BCUT2D eigenvalue weighted by Gasteiger charge is 2.51. The lowest BCUT2D eigenvalue weighted by molar-refractivity contribution is -0.359. The molecule has 0 aromatic carbocycles. The second-order valence-corrected chi connectivity index (χ2v) is 27.8. The van der Waals surface area contributed by atoms with E-state index in [1.807, 2.05) is 6.08 Å². The molecule has 0 spiro atoms. The summed E-state index contributed by atoms with van der Waals surface area (Å²) in [5.74, 6) is -0.241. The van der Waals surface area contributed by atoms with Crippen molar-refractivity contribution < 1.29 is 64.6 Å². The van der Waals surface area contributed by atoms with Crippen LogP contribution in [0.15, 0.2) is 24.3 Å². The second-order valence-electron chi connectivity index (χ2n) is 27.8. The molecule has 2 aliphatic rings. The fourth-order valence-electron chi connectivity index (χ4n) is 13.2. The van der Waals surface area contributed by atoms with Crippen molar-refractivity contribution in [2.75, 3.05) is 19.8 Å². The summed E-state index contributed by atoms with van der Waals surface area (Å²) in [5.41, 5.74) is 0. The Hall–Kier alpha value is -1.53. The summed E-state index contributed by atoms with van der Waals surface area (Å²) < 4.78 is 22.9. The van der Waals surface area contributed by atoms with Crippen LogP contribution in [0.3, 0.4) is 0 Å². The molecule has 0 saturated carbocycles. The normalized spacial score (nSPS) is 22.8. The molecule has 0 aromatic rings. The standard InChI is InChI=1S/C77H147NO13/c1-3-5-7-9-11-13-15-17-19-21-23-24-25-26-27-28-29-30-31-32-33-34-35-36-37-38-39-40-41-42-43-45-47-49-51-53-55-57-59-61-69(82)78-65(66(81)60-58-56-54-52-50-48-46-44-22-20-18-16-14-12-10-8-6-4-2)64-88-76-74(87)72(85)75(68(63-80)90-76)91-77-73(86)71(84)70(83)67(62-79)89-77/h50,52,58,60,65-68,70-77,79-81,83-87H,3-49,51,53-57,59,61-64H2,1-2H3,(H,78,82)/b52-50+,60-58+. The number of hydrogen-bond acceptors (Lipinski definition) is 13. The molecule has 538 valence electrons. The number of hydrogen-bond donors (Lipinski definition) is 9. The number of amides is 1. The first-order valence-electron chi connectivity index (χ1n) is 39.1. The smallest absolute Gasteiger partial charge is 0.220 e. The predicted molar refractivity (Wildman–Crippen MR) is 374 cm³/mol. The van der Waals surface area contributed by atoms with Crippen molar-refractivity contribution in [2.24, 2.45) is 0 Å². The second kappa shape index (κ2) is 62.0. The zero-order chi connectivity index (χ0) is 65.9. The molecule has 0 aliphatic carbocycles. The van der Waals surface area contributed by atoms with Crippen LogP contribution in [0, 0.1) is 0 Å². The van der Waals surface area contributed by atoms with Crippen LogP contribution in [0.1, 0.15) is 367 Å². The third-order valence-corrected chi connectivity index (χ3v) is 19.4. The van der Waals surface area contributed by atoms with Crippen LogP contribution >= 0.6 is 0 Å². The van der Waals surface area contributed by atoms with Crippen LogP contribution in [-0.4, -0.2) is 140 Å². The molecular formula is C77H147NO13. The van der Waals surface area contributed by atoms with E-state index in [0.29, 0.717) is 12.8 Å². The molecule has 2 heterocycles. The van der Waals surface area contributed by atoms with E-state index in [1.165, 1.54) is 302 Å². The number of unbranched alkanes of at least 4 members (excludes halogenated alkanes) is 51. The van der Waals surface area contributed by atoms with Gasteiger partial charge in [-0.1, -0.05) is 353 Å². The number of rotatable bonds is 66. The van der Waals surface area contributed by atoms with Crippen molar-refractivity contribution in [3.63, 3.8) is 0 Å². The minimum Gasteiger partial charge on any atom is -0.394 e. The van der Waals surface area contributed by atoms with Crippen molar-refractivity contribution in [3.05, 3.63) is 24.3 Å². The van der Waals surface area contributed by atoms with Gasteiger partial charge in [-0.05, 0) is 32.1 Å². The minimum atomic E-state index is -1.79. The Bertz CT molecular complexity index is 1620. The van der Waals surface area contributed by atoms with E-state index in [-0.39, 0.29) is 18.9 Å². The monoisotopic (exact) mass is 1290 g/mol. The number of carbonyl (C=O) groups excluding carboxylic acids is 1. The van der Waals surface area contributed by atoms with Crippen LogP contribution in [-0.2, 0) is 23.7 Å². The summed E-state index contributed by atoms with van der Waals surface area (Å²) in [6.07, 6.45) is 62.9. The first-order valence-corrected chi connectivity index (χ1v) is 39.1. The van der Waals surface area contributed by atoms with Gasteiger partial charge in [0, 0.05) is 6.42 Å². The highest BCUT2D eigenvalue weighted by molar-refractivity contribution is 5.76. The van der Waals surface area contributed by atoms with Crippen molar-refractivity contribution >= 4 is 5.91 Å². The third-order valence-electron chi connectivity index (χ3n) is 19.4. The number of aliphatic hydroxyl groups excluding tert-OH is 8. The van der Waals surface area contributed by atoms with Crippen molar-refractivity contribution in [1.29, 1.82) is 0 Å². The van der Waals surface area contributed by atoms with Gasteiger partial charge in [-0.15, -0.1) is 0 Å². The van der Waals surface area contributed by atoms with Crippen molar-refractivity contribution in [3.8, 4) is 0 Å². The maximum atomic E-state index is 13.3. The van der Waals surface area contributed by atoms with Crippen LogP contribution in [0.2, 0.25) is 0 Å². The molecule has 14 heteroatoms. The van der Waals surface area contributed by atoms with Crippen LogP contribution in [0.25, 0.3) is 0 Å². The average Bonchev–Trinajstić information content (AvgIpc) is 0.891. The Morgan fingerprint density at radius 1 is 0.385 bits per heavy atom. The first-order chi connectivity index (χ1) is 44.6. The number of carbonyl (C=O) groups is 1. The SMILES string of the molecule is CCCCCCCCCCCCCC/C=C/CC/C=C/C(O)C(COC1OC(CO)C(OC2OC(CO)C(O)C(O)C2O)C(O)C1O)NC(=O)CCCCCCCCCCCCCCCCCCCCCCCCCCCCCCCCCCCCCCCCC. The number of nitrogens with one attached hydrogen (secondary N) is 1. The molecule has 1 amide bonds. The first kappa shape index (κ1) is 85.6. The van der Waals surface area contributed by atoms with E-state index >= 15 is 0 Å². The molecule has 2 aliphatic heterocycles. The predicted octanol–water partition coefficient (Wildman–Crippen LogP) is 17.1. The van der Waals surface area contributed by atoms with Crippen molar-refractivity contribution in [1.82, 2.24) is 5.32 Å². The van der Waals surface area contributed by atoms with Gasteiger partial charge in [0.1, 0.15) is 48.8 Å². The largest absolute Gasteiger partial charge is 0.394 e. The Morgan fingerprint density at radius 3 is 1.08 bits per heavy atom. The van der Waals surface area contributed by atoms with Crippen molar-refractivity contribution in [2.45, 2.75) is 441 Å². The summed E-state index contributed by atoms with van der Waals surface area (Å²) in [5, 5.41) is 87.4. The zero-order valence-corrected chi connectivity index (χ0v) is 58.9. The van der Waals surface area contributed by atoms with Gasteiger partial charge >= 0.3 is 0 Å². The summed E-state index contributed by atoms with van der Waals surface area (Å²) in [7, 11) is 0. The van der Waals surface area contributed by atoms with Gasteiger partial charge in [0.25, 0.3) is 0 Å². The summed E-state index contributed by atoms with van der Waals surface area (Å²) in [6, 6.07) is -0.929. The van der Waals surface area contributed by atoms with Crippen LogP contribution in [0.5, 0.6) is 0 Å². The molecule has 0 aromatic heterocycles. The molecule has 12 atom stereocenters. The van der Waals surface area contributed by atoms with Gasteiger partial charge in [-0.25, -0.2) is 0 Å². The summed E-state index contributed by atoms with van der Waals surface area (Å²) >= 11 is 0. The fraction of sp³-hybridized carbons (Fsp3) is 0.935. The molecule has 91 heavy (non-hydrogen) atoms. The Kier molecular flexibility index (Phi) is 58.3. The van der Waals surface area contributed by atoms with Crippen LogP contribution < -0.4 is 5.32 Å². The number of aliphatic hydroxyl groups is 8. The van der Waals surface area contributed by atoms with Gasteiger partial charge in [0.15, 0.2) is 12.6 Å². The fourth-order valence-corrected chi connectivity index (χ4v) is 13.2. The molecular weight excluding hydrogens is 1150 g/mol. The maximum Gasteiger partial charge on any atom is 0.220 e. The van der Waals surface area contributed by atoms with Gasteiger partial charge in [-0.2, -0.15) is 0 Å². The van der Waals surface area contributed by atoms with E-state index in [1.54, 1.807) is 6.08 Å². The van der Waals surface area contributed by atoms with Crippen LogP contribution in [0.4, 0.5) is 0 Å². The average molecular weight is 1300 g/mol. The number of allylic oxidation sites excluding steroid dienone is 3. The van der Waals surface area contributed by atoms with E-state index in [2.05, 4.69) is 31.3 Å². The lowest BCUT2D eigenvalue weighted by atomic mass is 9.97. The Labute approximate surface area is 558 Å². The molecule has 2 saturated heterocycles. The highest BCUT2D eigenvalue weighted by Crippen LogP contribution is 2.30. The van der Waals surface area contributed by atoms with E-state index < -0.39 is 86.8 Å². The topological polar surface area (TPSA) is 228 Å². The summed E-state index contributed by atoms with van der Waals surface area (Å²) in [4.78, 5) is 13.3. The van der Waals surface area contributed by atoms with Gasteiger partial charge in [0.2, 0.25) is 5.91 Å². The highest BCUT2D eigenvalue weighted by atomic mass is 16.7. The Morgan fingerprint density at radius 2 is 0.703 bits per heavy atom. The van der Waals surface area contributed by atoms with E-state index in [4.69, 9.17) is 18.9 Å². The number of ether oxygens (including phenoxy) is 4. The Balaban J connectivity index is 1.56. The van der Waals surface area contributed by atoms with Gasteiger partial charge in [-0.3, -0.25) is 4.79 Å². The lowest BCUT2D eigenvalue weighted by Gasteiger charge is -2.46. The molecule has 2 fully saturated rings. The minimum absolute atomic E-state index is 0.241. The lowest BCUT2D eigenvalue weighted by Crippen LogP contribution is -2.65. The maximum absolute atomic E-state index is 13.3.